The number of halogens is 3. The number of nitrogens with zero attached hydrogens (tertiary/aromatic N) is 1. The molecule has 0 aliphatic heterocycles. The number of benzene rings is 1. The lowest BCUT2D eigenvalue weighted by Crippen LogP contribution is -2.17. The van der Waals surface area contributed by atoms with E-state index in [9.17, 15) is 18.0 Å². The Balaban J connectivity index is 2.15. The molecule has 0 unspecified atom stereocenters. The van der Waals surface area contributed by atoms with Gasteiger partial charge in [-0.15, -0.1) is 0 Å². The molecule has 0 atom stereocenters. The molecule has 20 heavy (non-hydrogen) atoms. The Morgan fingerprint density at radius 2 is 2.05 bits per heavy atom. The van der Waals surface area contributed by atoms with Gasteiger partial charge in [0.1, 0.15) is 5.76 Å². The number of rotatable bonds is 2. The first-order valence-corrected chi connectivity index (χ1v) is 5.77. The van der Waals surface area contributed by atoms with Crippen molar-refractivity contribution in [1.29, 1.82) is 0 Å². The van der Waals surface area contributed by atoms with Crippen LogP contribution in [0.15, 0.2) is 45.8 Å². The molecule has 0 aliphatic rings. The number of aromatic nitrogens is 2. The zero-order valence-corrected chi connectivity index (χ0v) is 10.1. The Morgan fingerprint density at radius 3 is 2.70 bits per heavy atom. The van der Waals surface area contributed by atoms with Gasteiger partial charge in [-0.05, 0) is 30.3 Å². The summed E-state index contributed by atoms with van der Waals surface area (Å²) >= 11 is 0. The van der Waals surface area contributed by atoms with Crippen molar-refractivity contribution in [1.82, 2.24) is 9.55 Å². The lowest BCUT2D eigenvalue weighted by atomic mass is 10.2. The Morgan fingerprint density at radius 1 is 1.25 bits per heavy atom. The molecule has 0 fully saturated rings. The molecule has 3 rings (SSSR count). The normalized spacial score (nSPS) is 12.2. The molecule has 7 heteroatoms. The van der Waals surface area contributed by atoms with Gasteiger partial charge in [-0.3, -0.25) is 4.57 Å². The van der Waals surface area contributed by atoms with Crippen LogP contribution in [0, 0.1) is 0 Å². The fourth-order valence-electron chi connectivity index (χ4n) is 2.04. The number of nitrogens with one attached hydrogen (secondary N) is 1. The molecule has 2 aromatic heterocycles. The van der Waals surface area contributed by atoms with Crippen LogP contribution in [-0.4, -0.2) is 9.55 Å². The van der Waals surface area contributed by atoms with E-state index in [1.165, 1.54) is 16.9 Å². The lowest BCUT2D eigenvalue weighted by molar-refractivity contribution is -0.137. The first kappa shape index (κ1) is 12.6. The standard InChI is InChI=1S/C13H9F3N2O2/c14-13(15,16)8-3-4-10-11(6-8)18(12(19)17-10)7-9-2-1-5-20-9/h1-6H,7H2,(H,17,19). The molecule has 0 spiro atoms. The van der Waals surface area contributed by atoms with Crippen LogP contribution in [0.5, 0.6) is 0 Å². The van der Waals surface area contributed by atoms with Gasteiger partial charge in [0.15, 0.2) is 0 Å². The minimum atomic E-state index is -4.45. The van der Waals surface area contributed by atoms with Crippen LogP contribution in [0.3, 0.4) is 0 Å². The van der Waals surface area contributed by atoms with Crippen LogP contribution in [0.25, 0.3) is 11.0 Å². The summed E-state index contributed by atoms with van der Waals surface area (Å²) in [7, 11) is 0. The zero-order valence-electron chi connectivity index (χ0n) is 10.1. The van der Waals surface area contributed by atoms with Crippen LogP contribution in [0.4, 0.5) is 13.2 Å². The molecular weight excluding hydrogens is 273 g/mol. The molecular formula is C13H9F3N2O2. The third-order valence-electron chi connectivity index (χ3n) is 3.00. The highest BCUT2D eigenvalue weighted by molar-refractivity contribution is 5.76. The number of hydrogen-bond donors (Lipinski definition) is 1. The summed E-state index contributed by atoms with van der Waals surface area (Å²) in [4.78, 5) is 14.3. The van der Waals surface area contributed by atoms with Crippen molar-refractivity contribution in [3.05, 3.63) is 58.4 Å². The number of imidazole rings is 1. The van der Waals surface area contributed by atoms with Crippen molar-refractivity contribution in [3.63, 3.8) is 0 Å². The van der Waals surface area contributed by atoms with Crippen LogP contribution in [-0.2, 0) is 12.7 Å². The zero-order chi connectivity index (χ0) is 14.3. The van der Waals surface area contributed by atoms with E-state index < -0.39 is 17.4 Å². The van der Waals surface area contributed by atoms with Gasteiger partial charge in [0.2, 0.25) is 0 Å². The summed E-state index contributed by atoms with van der Waals surface area (Å²) in [5, 5.41) is 0. The molecule has 104 valence electrons. The highest BCUT2D eigenvalue weighted by atomic mass is 19.4. The second kappa shape index (κ2) is 4.29. The number of alkyl halides is 3. The summed E-state index contributed by atoms with van der Waals surface area (Å²) in [6, 6.07) is 6.44. The summed E-state index contributed by atoms with van der Waals surface area (Å²) in [5.41, 5.74) is -0.719. The third-order valence-corrected chi connectivity index (χ3v) is 3.00. The Bertz CT molecular complexity index is 797. The third kappa shape index (κ3) is 2.11. The van der Waals surface area contributed by atoms with Gasteiger partial charge in [-0.25, -0.2) is 4.79 Å². The largest absolute Gasteiger partial charge is 0.467 e. The lowest BCUT2D eigenvalue weighted by Gasteiger charge is -2.07. The number of aromatic amines is 1. The Kier molecular flexibility index (Phi) is 2.70. The molecule has 1 N–H and O–H groups in total. The quantitative estimate of drug-likeness (QED) is 0.785. The molecule has 0 radical (unpaired) electrons. The van der Waals surface area contributed by atoms with Crippen LogP contribution in [0.2, 0.25) is 0 Å². The first-order valence-electron chi connectivity index (χ1n) is 5.77. The second-order valence-electron chi connectivity index (χ2n) is 4.33. The predicted molar refractivity (Wildman–Crippen MR) is 65.4 cm³/mol. The average Bonchev–Trinajstić information content (AvgIpc) is 2.97. The summed E-state index contributed by atoms with van der Waals surface area (Å²) in [6.45, 7) is 0.0765. The van der Waals surface area contributed by atoms with Gasteiger partial charge in [-0.2, -0.15) is 13.2 Å². The van der Waals surface area contributed by atoms with Gasteiger partial charge in [-0.1, -0.05) is 0 Å². The van der Waals surface area contributed by atoms with E-state index in [0.29, 0.717) is 11.3 Å². The number of fused-ring (bicyclic) bond motifs is 1. The molecule has 1 aromatic carbocycles. The molecule has 0 saturated heterocycles. The fourth-order valence-corrected chi connectivity index (χ4v) is 2.04. The highest BCUT2D eigenvalue weighted by Gasteiger charge is 2.31. The highest BCUT2D eigenvalue weighted by Crippen LogP contribution is 2.30. The van der Waals surface area contributed by atoms with E-state index in [1.807, 2.05) is 0 Å². The van der Waals surface area contributed by atoms with E-state index in [2.05, 4.69) is 4.98 Å². The van der Waals surface area contributed by atoms with Gasteiger partial charge in [0.05, 0.1) is 29.4 Å². The van der Waals surface area contributed by atoms with E-state index in [-0.39, 0.29) is 12.1 Å². The van der Waals surface area contributed by atoms with Crippen molar-refractivity contribution in [2.45, 2.75) is 12.7 Å². The summed E-state index contributed by atoms with van der Waals surface area (Å²) in [5.74, 6) is 0.491. The second-order valence-corrected chi connectivity index (χ2v) is 4.33. The maximum atomic E-state index is 12.7. The summed E-state index contributed by atoms with van der Waals surface area (Å²) in [6.07, 6.45) is -3.01. The summed E-state index contributed by atoms with van der Waals surface area (Å²) < 4.78 is 44.5. The van der Waals surface area contributed by atoms with Crippen molar-refractivity contribution in [2.24, 2.45) is 0 Å². The molecule has 0 amide bonds. The molecule has 2 heterocycles. The predicted octanol–water partition coefficient (Wildman–Crippen LogP) is 2.99. The maximum Gasteiger partial charge on any atom is 0.416 e. The number of hydrogen-bond acceptors (Lipinski definition) is 2. The van der Waals surface area contributed by atoms with Crippen molar-refractivity contribution >= 4 is 11.0 Å². The van der Waals surface area contributed by atoms with E-state index in [1.54, 1.807) is 12.1 Å². The molecule has 0 aliphatic carbocycles. The Labute approximate surface area is 110 Å². The van der Waals surface area contributed by atoms with Crippen molar-refractivity contribution in [3.8, 4) is 0 Å². The monoisotopic (exact) mass is 282 g/mol. The van der Waals surface area contributed by atoms with Crippen LogP contribution < -0.4 is 5.69 Å². The minimum Gasteiger partial charge on any atom is -0.467 e. The average molecular weight is 282 g/mol. The fraction of sp³-hybridized carbons (Fsp3) is 0.154. The SMILES string of the molecule is O=c1[nH]c2ccc(C(F)(F)F)cc2n1Cc1ccco1. The van der Waals surface area contributed by atoms with Gasteiger partial charge >= 0.3 is 11.9 Å². The number of H-pyrrole nitrogens is 1. The van der Waals surface area contributed by atoms with Crippen LogP contribution >= 0.6 is 0 Å². The molecule has 3 aromatic rings. The van der Waals surface area contributed by atoms with Crippen molar-refractivity contribution in [2.75, 3.05) is 0 Å². The minimum absolute atomic E-state index is 0.0765. The molecule has 0 bridgehead atoms. The van der Waals surface area contributed by atoms with E-state index >= 15 is 0 Å². The van der Waals surface area contributed by atoms with Gasteiger partial charge in [0, 0.05) is 0 Å². The van der Waals surface area contributed by atoms with E-state index in [0.717, 1.165) is 12.1 Å². The smallest absolute Gasteiger partial charge is 0.416 e. The number of furan rings is 1. The topological polar surface area (TPSA) is 50.9 Å². The molecule has 0 saturated carbocycles. The van der Waals surface area contributed by atoms with Gasteiger partial charge < -0.3 is 9.40 Å². The van der Waals surface area contributed by atoms with E-state index in [4.69, 9.17) is 4.42 Å². The first-order chi connectivity index (χ1) is 9.45. The maximum absolute atomic E-state index is 12.7. The molecule has 4 nitrogen and oxygen atoms in total. The Hall–Kier alpha value is -2.44. The van der Waals surface area contributed by atoms with Crippen LogP contribution in [0.1, 0.15) is 11.3 Å². The van der Waals surface area contributed by atoms with Gasteiger partial charge in [0.25, 0.3) is 0 Å². The van der Waals surface area contributed by atoms with Crippen molar-refractivity contribution < 1.29 is 17.6 Å².